The second-order valence-corrected chi connectivity index (χ2v) is 8.71. The number of benzene rings is 2. The molecule has 0 spiro atoms. The van der Waals surface area contributed by atoms with E-state index in [1.54, 1.807) is 29.2 Å². The zero-order valence-corrected chi connectivity index (χ0v) is 17.8. The van der Waals surface area contributed by atoms with Gasteiger partial charge in [0.15, 0.2) is 0 Å². The molecule has 7 heteroatoms. The first-order valence-electron chi connectivity index (χ1n) is 10.6. The Bertz CT molecular complexity index is 1110. The van der Waals surface area contributed by atoms with Gasteiger partial charge in [0, 0.05) is 35.8 Å². The van der Waals surface area contributed by atoms with Crippen molar-refractivity contribution in [2.24, 2.45) is 0 Å². The summed E-state index contributed by atoms with van der Waals surface area (Å²) < 4.78 is 18.9. The summed E-state index contributed by atoms with van der Waals surface area (Å²) in [6.45, 7) is 3.16. The molecule has 5 rings (SSSR count). The summed E-state index contributed by atoms with van der Waals surface area (Å²) in [6, 6.07) is 14.1. The third kappa shape index (κ3) is 4.23. The van der Waals surface area contributed by atoms with Crippen LogP contribution in [0.25, 0.3) is 0 Å². The van der Waals surface area contributed by atoms with Gasteiger partial charge in [-0.1, -0.05) is 28.9 Å². The third-order valence-electron chi connectivity index (χ3n) is 6.22. The van der Waals surface area contributed by atoms with Gasteiger partial charge in [0.2, 0.25) is 5.76 Å². The van der Waals surface area contributed by atoms with E-state index in [9.17, 15) is 9.18 Å². The van der Waals surface area contributed by atoms with Gasteiger partial charge in [-0.15, -0.1) is 0 Å². The fraction of sp³-hybridized carbons (Fsp3) is 0.333. The van der Waals surface area contributed by atoms with Crippen molar-refractivity contribution in [3.63, 3.8) is 0 Å². The fourth-order valence-corrected chi connectivity index (χ4v) is 4.77. The summed E-state index contributed by atoms with van der Waals surface area (Å²) in [5, 5.41) is 4.89. The molecule has 2 aliphatic rings. The molecule has 160 valence electrons. The van der Waals surface area contributed by atoms with E-state index in [-0.39, 0.29) is 23.4 Å². The van der Waals surface area contributed by atoms with Crippen molar-refractivity contribution in [2.45, 2.75) is 31.7 Å². The van der Waals surface area contributed by atoms with Gasteiger partial charge in [-0.05, 0) is 73.8 Å². The average Bonchev–Trinajstić information content (AvgIpc) is 3.41. The lowest BCUT2D eigenvalue weighted by Crippen LogP contribution is -2.32. The Morgan fingerprint density at radius 3 is 2.77 bits per heavy atom. The van der Waals surface area contributed by atoms with Crippen molar-refractivity contribution in [3.8, 4) is 0 Å². The van der Waals surface area contributed by atoms with Gasteiger partial charge in [0.25, 0.3) is 5.91 Å². The molecule has 0 atom stereocenters. The van der Waals surface area contributed by atoms with E-state index < -0.39 is 0 Å². The molecule has 1 fully saturated rings. The van der Waals surface area contributed by atoms with Crippen molar-refractivity contribution in [2.75, 3.05) is 24.5 Å². The number of fused-ring (bicyclic) bond motifs is 1. The van der Waals surface area contributed by atoms with E-state index >= 15 is 0 Å². The monoisotopic (exact) mass is 439 g/mol. The predicted octanol–water partition coefficient (Wildman–Crippen LogP) is 5.05. The third-order valence-corrected chi connectivity index (χ3v) is 6.46. The SMILES string of the molecule is O=C(c1cc(C2CCN(Cc3cccc(F)c3)CC2)no1)N1CCc2cc(Cl)ccc21. The van der Waals surface area contributed by atoms with Crippen LogP contribution in [0.15, 0.2) is 53.1 Å². The highest BCUT2D eigenvalue weighted by Crippen LogP contribution is 2.33. The zero-order chi connectivity index (χ0) is 21.4. The van der Waals surface area contributed by atoms with Crippen molar-refractivity contribution < 1.29 is 13.7 Å². The first-order chi connectivity index (χ1) is 15.1. The van der Waals surface area contributed by atoms with E-state index in [0.29, 0.717) is 11.6 Å². The Kier molecular flexibility index (Phi) is 5.50. The molecule has 0 N–H and O–H groups in total. The Balaban J connectivity index is 1.21. The van der Waals surface area contributed by atoms with E-state index in [1.165, 1.54) is 6.07 Å². The first kappa shape index (κ1) is 20.2. The lowest BCUT2D eigenvalue weighted by molar-refractivity contribution is 0.0953. The Labute approximate surface area is 185 Å². The van der Waals surface area contributed by atoms with Gasteiger partial charge in [-0.25, -0.2) is 4.39 Å². The summed E-state index contributed by atoms with van der Waals surface area (Å²) in [5.41, 5.74) is 3.79. The van der Waals surface area contributed by atoms with Gasteiger partial charge in [0.05, 0.1) is 5.69 Å². The van der Waals surface area contributed by atoms with E-state index in [0.717, 1.165) is 61.4 Å². The minimum atomic E-state index is -0.198. The quantitative estimate of drug-likeness (QED) is 0.570. The van der Waals surface area contributed by atoms with Crippen LogP contribution >= 0.6 is 11.6 Å². The van der Waals surface area contributed by atoms with E-state index in [4.69, 9.17) is 16.1 Å². The number of piperidine rings is 1. The second kappa shape index (κ2) is 8.44. The van der Waals surface area contributed by atoms with Crippen LogP contribution in [0.4, 0.5) is 10.1 Å². The minimum absolute atomic E-state index is 0.164. The van der Waals surface area contributed by atoms with E-state index in [2.05, 4.69) is 10.1 Å². The maximum atomic E-state index is 13.4. The van der Waals surface area contributed by atoms with Gasteiger partial charge in [0.1, 0.15) is 5.82 Å². The van der Waals surface area contributed by atoms with Crippen molar-refractivity contribution in [1.82, 2.24) is 10.1 Å². The maximum absolute atomic E-state index is 13.4. The maximum Gasteiger partial charge on any atom is 0.296 e. The summed E-state index contributed by atoms with van der Waals surface area (Å²) in [4.78, 5) is 17.1. The smallest absolute Gasteiger partial charge is 0.296 e. The number of aromatic nitrogens is 1. The number of carbonyl (C=O) groups is 1. The molecule has 31 heavy (non-hydrogen) atoms. The standard InChI is InChI=1S/C24H23ClFN3O2/c25-19-4-5-22-18(13-19)8-11-29(22)24(30)23-14-21(27-31-23)17-6-9-28(10-7-17)15-16-2-1-3-20(26)12-16/h1-5,12-14,17H,6-11,15H2. The molecular weight excluding hydrogens is 417 g/mol. The molecule has 1 amide bonds. The number of carbonyl (C=O) groups excluding carboxylic acids is 1. The zero-order valence-electron chi connectivity index (χ0n) is 17.1. The van der Waals surface area contributed by atoms with Crippen molar-refractivity contribution in [3.05, 3.63) is 82.0 Å². The second-order valence-electron chi connectivity index (χ2n) is 8.28. The van der Waals surface area contributed by atoms with Gasteiger partial charge < -0.3 is 9.42 Å². The largest absolute Gasteiger partial charge is 0.351 e. The summed E-state index contributed by atoms with van der Waals surface area (Å²) in [7, 11) is 0. The topological polar surface area (TPSA) is 49.6 Å². The number of hydrogen-bond acceptors (Lipinski definition) is 4. The molecule has 3 heterocycles. The molecule has 0 aliphatic carbocycles. The highest BCUT2D eigenvalue weighted by atomic mass is 35.5. The summed E-state index contributed by atoms with van der Waals surface area (Å²) in [5.74, 6) is 0.179. The molecule has 2 aromatic carbocycles. The molecule has 0 bridgehead atoms. The number of nitrogens with zero attached hydrogens (tertiary/aromatic N) is 3. The predicted molar refractivity (Wildman–Crippen MR) is 117 cm³/mol. The molecule has 2 aliphatic heterocycles. The highest BCUT2D eigenvalue weighted by Gasteiger charge is 2.30. The van der Waals surface area contributed by atoms with E-state index in [1.807, 2.05) is 18.2 Å². The molecular formula is C24H23ClFN3O2. The fourth-order valence-electron chi connectivity index (χ4n) is 4.58. The molecule has 1 aromatic heterocycles. The molecule has 0 saturated carbocycles. The Morgan fingerprint density at radius 1 is 1.13 bits per heavy atom. The molecule has 0 unspecified atom stereocenters. The van der Waals surface area contributed by atoms with Crippen LogP contribution in [0.5, 0.6) is 0 Å². The number of anilines is 1. The number of rotatable bonds is 4. The van der Waals surface area contributed by atoms with Gasteiger partial charge in [-0.2, -0.15) is 0 Å². The lowest BCUT2D eigenvalue weighted by atomic mass is 9.93. The summed E-state index contributed by atoms with van der Waals surface area (Å²) >= 11 is 6.07. The van der Waals surface area contributed by atoms with Crippen molar-refractivity contribution in [1.29, 1.82) is 0 Å². The lowest BCUT2D eigenvalue weighted by Gasteiger charge is -2.31. The average molecular weight is 440 g/mol. The number of hydrogen-bond donors (Lipinski definition) is 0. The van der Waals surface area contributed by atoms with Crippen LogP contribution in [0.2, 0.25) is 5.02 Å². The molecule has 5 nitrogen and oxygen atoms in total. The number of likely N-dealkylation sites (tertiary alicyclic amines) is 1. The van der Waals surface area contributed by atoms with Crippen LogP contribution in [0, 0.1) is 5.82 Å². The Morgan fingerprint density at radius 2 is 1.97 bits per heavy atom. The Hall–Kier alpha value is -2.70. The van der Waals surface area contributed by atoms with Crippen LogP contribution in [-0.2, 0) is 13.0 Å². The van der Waals surface area contributed by atoms with Crippen LogP contribution in [0.1, 0.15) is 46.1 Å². The number of amides is 1. The first-order valence-corrected chi connectivity index (χ1v) is 11.0. The van der Waals surface area contributed by atoms with Crippen LogP contribution in [0.3, 0.4) is 0 Å². The molecule has 0 radical (unpaired) electrons. The van der Waals surface area contributed by atoms with Gasteiger partial charge in [-0.3, -0.25) is 9.69 Å². The van der Waals surface area contributed by atoms with Gasteiger partial charge >= 0.3 is 0 Å². The molecule has 1 saturated heterocycles. The highest BCUT2D eigenvalue weighted by molar-refractivity contribution is 6.30. The molecule has 3 aromatic rings. The van der Waals surface area contributed by atoms with Crippen LogP contribution in [-0.4, -0.2) is 35.6 Å². The minimum Gasteiger partial charge on any atom is -0.351 e. The normalized spacial score (nSPS) is 17.2. The summed E-state index contributed by atoms with van der Waals surface area (Å²) in [6.07, 6.45) is 2.65. The number of halogens is 2. The van der Waals surface area contributed by atoms with Crippen LogP contribution < -0.4 is 4.90 Å². The van der Waals surface area contributed by atoms with Crippen molar-refractivity contribution >= 4 is 23.2 Å².